The fourth-order valence-corrected chi connectivity index (χ4v) is 13.0. The predicted molar refractivity (Wildman–Crippen MR) is 330 cm³/mol. The molecule has 2 aromatic heterocycles. The van der Waals surface area contributed by atoms with Crippen molar-refractivity contribution in [1.82, 2.24) is 0 Å². The number of rotatable bonds is 6. The van der Waals surface area contributed by atoms with Gasteiger partial charge in [0.25, 0.3) is 0 Å². The molecule has 0 unspecified atom stereocenters. The highest BCUT2D eigenvalue weighted by molar-refractivity contribution is 6.32. The number of hydrogen-bond acceptors (Lipinski definition) is 4. The number of anilines is 6. The summed E-state index contributed by atoms with van der Waals surface area (Å²) in [6, 6.07) is 97.3. The number of nitrogens with zero attached hydrogens (tertiary/aromatic N) is 2. The molecular formula is C74H44N2O2. The van der Waals surface area contributed by atoms with Crippen LogP contribution in [-0.4, -0.2) is 0 Å². The molecule has 17 rings (SSSR count). The monoisotopic (exact) mass is 992 g/mol. The molecule has 4 nitrogen and oxygen atoms in total. The van der Waals surface area contributed by atoms with Crippen LogP contribution in [0.4, 0.5) is 34.1 Å². The molecule has 4 heteroatoms. The Morgan fingerprint density at radius 3 is 1.13 bits per heavy atom. The molecule has 0 amide bonds. The zero-order valence-corrected chi connectivity index (χ0v) is 42.1. The Morgan fingerprint density at radius 2 is 0.564 bits per heavy atom. The van der Waals surface area contributed by atoms with Crippen LogP contribution in [0.25, 0.3) is 130 Å². The van der Waals surface area contributed by atoms with Crippen LogP contribution in [0, 0.1) is 0 Å². The standard InChI is InChI=1S/C74H44N2O2/c1-3-15-54-45(13-1)27-29-47-31-34-51(42-65(47)54)75(68-23-11-21-63-59-18-7-9-25-70(59)77-73(63)68)50-36-39-56-49(41-50)33-38-62-58-40-37-53(44-67(58)57-17-5-6-20-61(57)72(56)62)76(69-24-12-22-64-60-19-8-10-26-71(60)78-74(64)69)52-35-32-48-30-28-46-14-2-4-16-55(46)66(48)43-52/h1-44H. The highest BCUT2D eigenvalue weighted by Gasteiger charge is 2.24. The van der Waals surface area contributed by atoms with Crippen LogP contribution in [0.2, 0.25) is 0 Å². The van der Waals surface area contributed by atoms with E-state index < -0.39 is 0 Å². The van der Waals surface area contributed by atoms with Gasteiger partial charge in [0.05, 0.1) is 11.4 Å². The lowest BCUT2D eigenvalue weighted by Gasteiger charge is -2.27. The Morgan fingerprint density at radius 1 is 0.205 bits per heavy atom. The van der Waals surface area contributed by atoms with Gasteiger partial charge in [-0.3, -0.25) is 0 Å². The van der Waals surface area contributed by atoms with Crippen molar-refractivity contribution in [1.29, 1.82) is 0 Å². The number of benzene rings is 15. The van der Waals surface area contributed by atoms with Crippen LogP contribution in [0.15, 0.2) is 276 Å². The second-order valence-electron chi connectivity index (χ2n) is 20.7. The van der Waals surface area contributed by atoms with Crippen molar-refractivity contribution in [3.63, 3.8) is 0 Å². The fourth-order valence-electron chi connectivity index (χ4n) is 13.0. The smallest absolute Gasteiger partial charge is 0.159 e. The maximum absolute atomic E-state index is 6.81. The van der Waals surface area contributed by atoms with Gasteiger partial charge in [-0.25, -0.2) is 0 Å². The average molecular weight is 993 g/mol. The molecular weight excluding hydrogens is 949 g/mol. The largest absolute Gasteiger partial charge is 0.454 e. The van der Waals surface area contributed by atoms with Crippen LogP contribution in [-0.2, 0) is 0 Å². The summed E-state index contributed by atoms with van der Waals surface area (Å²) in [5, 5.41) is 23.7. The second-order valence-corrected chi connectivity index (χ2v) is 20.7. The topological polar surface area (TPSA) is 32.8 Å². The van der Waals surface area contributed by atoms with Crippen molar-refractivity contribution in [2.45, 2.75) is 0 Å². The minimum absolute atomic E-state index is 0.855. The first-order valence-corrected chi connectivity index (χ1v) is 26.7. The van der Waals surface area contributed by atoms with Crippen molar-refractivity contribution < 1.29 is 8.83 Å². The molecule has 0 atom stereocenters. The van der Waals surface area contributed by atoms with Crippen LogP contribution < -0.4 is 9.80 Å². The molecule has 0 bridgehead atoms. The van der Waals surface area contributed by atoms with Gasteiger partial charge >= 0.3 is 0 Å². The van der Waals surface area contributed by atoms with Gasteiger partial charge in [-0.05, 0) is 159 Å². The Balaban J connectivity index is 0.873. The average Bonchev–Trinajstić information content (AvgIpc) is 4.22. The molecule has 17 aromatic rings. The lowest BCUT2D eigenvalue weighted by atomic mass is 9.90. The van der Waals surface area contributed by atoms with Gasteiger partial charge in [0.2, 0.25) is 0 Å². The number of furan rings is 2. The Kier molecular flexibility index (Phi) is 9.09. The molecule has 0 N–H and O–H groups in total. The first-order valence-electron chi connectivity index (χ1n) is 26.7. The minimum atomic E-state index is 0.855. The number of fused-ring (bicyclic) bond motifs is 20. The van der Waals surface area contributed by atoms with Gasteiger partial charge < -0.3 is 18.6 Å². The van der Waals surface area contributed by atoms with E-state index in [9.17, 15) is 0 Å². The SMILES string of the molecule is c1ccc2c(c1)ccc1ccc(N(c3ccc4c(ccc5c6ccc(N(c7ccc8ccc9ccccc9c8c7)c7cccc8c7oc7ccccc78)cc6c6ccccc6c45)c3)c3cccc4c3oc3ccccc34)cc12. The van der Waals surface area contributed by atoms with E-state index in [0.29, 0.717) is 0 Å². The molecule has 0 fully saturated rings. The summed E-state index contributed by atoms with van der Waals surface area (Å²) in [5.74, 6) is 0. The molecule has 0 aliphatic rings. The highest BCUT2D eigenvalue weighted by Crippen LogP contribution is 2.49. The third-order valence-electron chi connectivity index (χ3n) is 16.5. The van der Waals surface area contributed by atoms with Crippen LogP contribution in [0.5, 0.6) is 0 Å². The van der Waals surface area contributed by atoms with E-state index in [0.717, 1.165) is 83.4 Å². The summed E-state index contributed by atoms with van der Waals surface area (Å²) in [4.78, 5) is 4.77. The third kappa shape index (κ3) is 6.35. The summed E-state index contributed by atoms with van der Waals surface area (Å²) in [7, 11) is 0. The summed E-state index contributed by atoms with van der Waals surface area (Å²) < 4.78 is 13.6. The van der Waals surface area contributed by atoms with E-state index in [1.165, 1.54) is 80.8 Å². The molecule has 78 heavy (non-hydrogen) atoms. The van der Waals surface area contributed by atoms with Crippen LogP contribution in [0.1, 0.15) is 0 Å². The van der Waals surface area contributed by atoms with E-state index in [1.54, 1.807) is 0 Å². The molecule has 0 radical (unpaired) electrons. The van der Waals surface area contributed by atoms with Gasteiger partial charge in [-0.1, -0.05) is 194 Å². The van der Waals surface area contributed by atoms with Crippen molar-refractivity contribution >= 4 is 164 Å². The molecule has 0 saturated heterocycles. The maximum atomic E-state index is 6.81. The van der Waals surface area contributed by atoms with Crippen molar-refractivity contribution in [2.75, 3.05) is 9.80 Å². The first-order chi connectivity index (χ1) is 38.7. The molecule has 0 saturated carbocycles. The van der Waals surface area contributed by atoms with Crippen molar-refractivity contribution in [3.05, 3.63) is 267 Å². The second kappa shape index (κ2) is 16.5. The molecule has 2 heterocycles. The molecule has 0 spiro atoms. The molecule has 0 aliphatic carbocycles. The zero-order valence-electron chi connectivity index (χ0n) is 42.1. The molecule has 0 aliphatic heterocycles. The lowest BCUT2D eigenvalue weighted by Crippen LogP contribution is -2.10. The fraction of sp³-hybridized carbons (Fsp3) is 0. The van der Waals surface area contributed by atoms with Gasteiger partial charge in [0, 0.05) is 44.3 Å². The Labute approximate surface area is 447 Å². The van der Waals surface area contributed by atoms with Crippen molar-refractivity contribution in [3.8, 4) is 0 Å². The summed E-state index contributed by atoms with van der Waals surface area (Å²) in [5.41, 5.74) is 9.63. The van der Waals surface area contributed by atoms with E-state index >= 15 is 0 Å². The predicted octanol–water partition coefficient (Wildman–Crippen LogP) is 21.7. The van der Waals surface area contributed by atoms with E-state index in [4.69, 9.17) is 8.83 Å². The number of para-hydroxylation sites is 4. The van der Waals surface area contributed by atoms with E-state index in [2.05, 4.69) is 265 Å². The summed E-state index contributed by atoms with van der Waals surface area (Å²) in [6.07, 6.45) is 0. The Hall–Kier alpha value is -10.4. The quantitative estimate of drug-likeness (QED) is 0.155. The van der Waals surface area contributed by atoms with Crippen LogP contribution >= 0.6 is 0 Å². The summed E-state index contributed by atoms with van der Waals surface area (Å²) in [6.45, 7) is 0. The van der Waals surface area contributed by atoms with Gasteiger partial charge in [-0.15, -0.1) is 0 Å². The normalized spacial score (nSPS) is 12.1. The minimum Gasteiger partial charge on any atom is -0.454 e. The Bertz CT molecular complexity index is 5350. The van der Waals surface area contributed by atoms with E-state index in [-0.39, 0.29) is 0 Å². The summed E-state index contributed by atoms with van der Waals surface area (Å²) >= 11 is 0. The van der Waals surface area contributed by atoms with Gasteiger partial charge in [0.15, 0.2) is 11.2 Å². The first kappa shape index (κ1) is 42.9. The van der Waals surface area contributed by atoms with Gasteiger partial charge in [-0.2, -0.15) is 0 Å². The van der Waals surface area contributed by atoms with Crippen molar-refractivity contribution in [2.24, 2.45) is 0 Å². The molecule has 362 valence electrons. The zero-order chi connectivity index (χ0) is 51.0. The van der Waals surface area contributed by atoms with Crippen LogP contribution in [0.3, 0.4) is 0 Å². The molecule has 15 aromatic carbocycles. The highest BCUT2D eigenvalue weighted by atomic mass is 16.3. The third-order valence-corrected chi connectivity index (χ3v) is 16.5. The van der Waals surface area contributed by atoms with E-state index in [1.807, 2.05) is 12.1 Å². The number of hydrogen-bond donors (Lipinski definition) is 0. The van der Waals surface area contributed by atoms with Gasteiger partial charge in [0.1, 0.15) is 11.2 Å². The lowest BCUT2D eigenvalue weighted by molar-refractivity contribution is 0.668. The maximum Gasteiger partial charge on any atom is 0.159 e.